The van der Waals surface area contributed by atoms with Gasteiger partial charge < -0.3 is 15.7 Å². The zero-order valence-corrected chi connectivity index (χ0v) is 8.98. The minimum absolute atomic E-state index is 0.108. The Balaban J connectivity index is 2.54. The predicted molar refractivity (Wildman–Crippen MR) is 55.3 cm³/mol. The Hall–Kier alpha value is -1.10. The highest BCUT2D eigenvalue weighted by atomic mass is 16.4. The third kappa shape index (κ3) is 3.51. The first kappa shape index (κ1) is 12.0. The summed E-state index contributed by atoms with van der Waals surface area (Å²) >= 11 is 0. The fourth-order valence-electron chi connectivity index (χ4n) is 1.57. The van der Waals surface area contributed by atoms with Gasteiger partial charge in [0.2, 0.25) is 5.91 Å². The number of carboxylic acid groups (broad SMARTS) is 1. The molecule has 0 aromatic rings. The maximum Gasteiger partial charge on any atom is 0.323 e. The van der Waals surface area contributed by atoms with Crippen LogP contribution >= 0.6 is 0 Å². The van der Waals surface area contributed by atoms with Gasteiger partial charge in [0.1, 0.15) is 6.54 Å². The third-order valence-corrected chi connectivity index (χ3v) is 2.49. The van der Waals surface area contributed by atoms with E-state index in [9.17, 15) is 9.59 Å². The van der Waals surface area contributed by atoms with Crippen LogP contribution in [-0.4, -0.2) is 40.5 Å². The van der Waals surface area contributed by atoms with Crippen LogP contribution in [0.15, 0.2) is 0 Å². The van der Waals surface area contributed by atoms with E-state index in [-0.39, 0.29) is 18.5 Å². The topological polar surface area (TPSA) is 83.6 Å². The van der Waals surface area contributed by atoms with Crippen LogP contribution in [-0.2, 0) is 9.59 Å². The van der Waals surface area contributed by atoms with Crippen LogP contribution in [0.2, 0.25) is 0 Å². The number of carbonyl (C=O) groups excluding carboxylic acids is 1. The summed E-state index contributed by atoms with van der Waals surface area (Å²) in [6.45, 7) is 1.73. The zero-order valence-electron chi connectivity index (χ0n) is 8.98. The molecule has 1 atom stereocenters. The van der Waals surface area contributed by atoms with Crippen LogP contribution in [0.5, 0.6) is 0 Å². The molecule has 1 aliphatic carbocycles. The van der Waals surface area contributed by atoms with Crippen LogP contribution in [0.25, 0.3) is 0 Å². The molecule has 3 N–H and O–H groups in total. The lowest BCUT2D eigenvalue weighted by Gasteiger charge is -2.23. The molecule has 0 saturated heterocycles. The van der Waals surface area contributed by atoms with Gasteiger partial charge in [-0.25, -0.2) is 0 Å². The lowest BCUT2D eigenvalue weighted by Crippen LogP contribution is -2.46. The van der Waals surface area contributed by atoms with Gasteiger partial charge in [-0.1, -0.05) is 13.3 Å². The number of hydrogen-bond donors (Lipinski definition) is 2. The molecular formula is C10H18N2O3. The molecule has 1 saturated carbocycles. The van der Waals surface area contributed by atoms with Crippen molar-refractivity contribution < 1.29 is 14.7 Å². The fourth-order valence-corrected chi connectivity index (χ4v) is 1.57. The molecule has 0 bridgehead atoms. The molecule has 0 radical (unpaired) electrons. The Morgan fingerprint density at radius 1 is 1.53 bits per heavy atom. The number of hydrogen-bond acceptors (Lipinski definition) is 3. The van der Waals surface area contributed by atoms with E-state index in [2.05, 4.69) is 0 Å². The number of aliphatic carboxylic acids is 1. The minimum atomic E-state index is -0.973. The molecule has 0 aromatic heterocycles. The normalized spacial score (nSPS) is 17.2. The molecule has 0 spiro atoms. The first-order valence-corrected chi connectivity index (χ1v) is 5.34. The highest BCUT2D eigenvalue weighted by Gasteiger charge is 2.35. The van der Waals surface area contributed by atoms with Crippen molar-refractivity contribution in [1.29, 1.82) is 0 Å². The Kier molecular flexibility index (Phi) is 4.08. The molecule has 15 heavy (non-hydrogen) atoms. The molecule has 0 aliphatic heterocycles. The maximum atomic E-state index is 11.8. The molecule has 1 fully saturated rings. The average Bonchev–Trinajstić information content (AvgIpc) is 2.96. The molecule has 1 aliphatic rings. The number of carboxylic acids is 1. The minimum Gasteiger partial charge on any atom is -0.480 e. The van der Waals surface area contributed by atoms with Crippen molar-refractivity contribution >= 4 is 11.9 Å². The molecule has 5 heteroatoms. The summed E-state index contributed by atoms with van der Waals surface area (Å²) < 4.78 is 0. The lowest BCUT2D eigenvalue weighted by molar-refractivity contribution is -0.145. The van der Waals surface area contributed by atoms with Crippen LogP contribution in [0.3, 0.4) is 0 Å². The van der Waals surface area contributed by atoms with E-state index in [4.69, 9.17) is 10.8 Å². The van der Waals surface area contributed by atoms with Gasteiger partial charge in [0, 0.05) is 6.04 Å². The number of nitrogens with two attached hydrogens (primary N) is 1. The number of rotatable bonds is 6. The highest BCUT2D eigenvalue weighted by Crippen LogP contribution is 2.27. The summed E-state index contributed by atoms with van der Waals surface area (Å²) in [5.74, 6) is -1.19. The molecular weight excluding hydrogens is 196 g/mol. The van der Waals surface area contributed by atoms with E-state index in [1.54, 1.807) is 0 Å². The zero-order chi connectivity index (χ0) is 11.4. The van der Waals surface area contributed by atoms with Crippen molar-refractivity contribution in [1.82, 2.24) is 4.90 Å². The highest BCUT2D eigenvalue weighted by molar-refractivity contribution is 5.85. The summed E-state index contributed by atoms with van der Waals surface area (Å²) in [4.78, 5) is 23.8. The summed E-state index contributed by atoms with van der Waals surface area (Å²) in [5, 5.41) is 8.69. The predicted octanol–water partition coefficient (Wildman–Crippen LogP) is 0.189. The van der Waals surface area contributed by atoms with Crippen LogP contribution in [0.1, 0.15) is 32.6 Å². The second kappa shape index (κ2) is 5.11. The molecule has 0 heterocycles. The van der Waals surface area contributed by atoms with Crippen molar-refractivity contribution in [2.24, 2.45) is 5.73 Å². The standard InChI is InChI=1S/C10H18N2O3/c1-2-3-8(11)10(15)12(6-9(13)14)7-4-5-7/h7-8H,2-6,11H2,1H3,(H,13,14). The molecule has 1 amide bonds. The largest absolute Gasteiger partial charge is 0.480 e. The van der Waals surface area contributed by atoms with E-state index in [1.807, 2.05) is 6.92 Å². The number of nitrogens with zero attached hydrogens (tertiary/aromatic N) is 1. The Bertz CT molecular complexity index is 251. The Labute approximate surface area is 89.2 Å². The van der Waals surface area contributed by atoms with E-state index in [0.29, 0.717) is 6.42 Å². The first-order chi connectivity index (χ1) is 7.06. The molecule has 1 unspecified atom stereocenters. The monoisotopic (exact) mass is 214 g/mol. The summed E-state index contributed by atoms with van der Waals surface area (Å²) in [5.41, 5.74) is 5.69. The van der Waals surface area contributed by atoms with Crippen molar-refractivity contribution in [2.45, 2.75) is 44.7 Å². The molecule has 0 aromatic carbocycles. The fraction of sp³-hybridized carbons (Fsp3) is 0.800. The van der Waals surface area contributed by atoms with E-state index in [1.165, 1.54) is 4.90 Å². The van der Waals surface area contributed by atoms with E-state index in [0.717, 1.165) is 19.3 Å². The van der Waals surface area contributed by atoms with Gasteiger partial charge in [-0.05, 0) is 19.3 Å². The third-order valence-electron chi connectivity index (χ3n) is 2.49. The number of carbonyl (C=O) groups is 2. The van der Waals surface area contributed by atoms with E-state index >= 15 is 0 Å². The SMILES string of the molecule is CCCC(N)C(=O)N(CC(=O)O)C1CC1. The van der Waals surface area contributed by atoms with Gasteiger partial charge in [-0.3, -0.25) is 9.59 Å². The van der Waals surface area contributed by atoms with Crippen molar-refractivity contribution in [3.63, 3.8) is 0 Å². The van der Waals surface area contributed by atoms with Gasteiger partial charge in [0.05, 0.1) is 6.04 Å². The average molecular weight is 214 g/mol. The van der Waals surface area contributed by atoms with Gasteiger partial charge >= 0.3 is 5.97 Å². The quantitative estimate of drug-likeness (QED) is 0.661. The smallest absolute Gasteiger partial charge is 0.323 e. The Morgan fingerprint density at radius 3 is 2.53 bits per heavy atom. The van der Waals surface area contributed by atoms with Gasteiger partial charge in [-0.15, -0.1) is 0 Å². The second-order valence-electron chi connectivity index (χ2n) is 3.99. The summed E-state index contributed by atoms with van der Waals surface area (Å²) in [6, 6.07) is -0.438. The van der Waals surface area contributed by atoms with Crippen molar-refractivity contribution in [3.05, 3.63) is 0 Å². The van der Waals surface area contributed by atoms with Gasteiger partial charge in [0.15, 0.2) is 0 Å². The van der Waals surface area contributed by atoms with Crippen molar-refractivity contribution in [2.75, 3.05) is 6.54 Å². The van der Waals surface area contributed by atoms with E-state index < -0.39 is 12.0 Å². The van der Waals surface area contributed by atoms with Gasteiger partial charge in [0.25, 0.3) is 0 Å². The Morgan fingerprint density at radius 2 is 2.13 bits per heavy atom. The summed E-state index contributed by atoms with van der Waals surface area (Å²) in [7, 11) is 0. The maximum absolute atomic E-state index is 11.8. The second-order valence-corrected chi connectivity index (χ2v) is 3.99. The molecule has 1 rings (SSSR count). The van der Waals surface area contributed by atoms with Crippen molar-refractivity contribution in [3.8, 4) is 0 Å². The number of amides is 1. The molecule has 5 nitrogen and oxygen atoms in total. The summed E-state index contributed by atoms with van der Waals surface area (Å²) in [6.07, 6.45) is 3.25. The van der Waals surface area contributed by atoms with Crippen LogP contribution in [0.4, 0.5) is 0 Å². The molecule has 86 valence electrons. The van der Waals surface area contributed by atoms with Crippen LogP contribution < -0.4 is 5.73 Å². The lowest BCUT2D eigenvalue weighted by atomic mass is 10.1. The van der Waals surface area contributed by atoms with Gasteiger partial charge in [-0.2, -0.15) is 0 Å². The first-order valence-electron chi connectivity index (χ1n) is 5.34. The van der Waals surface area contributed by atoms with Crippen LogP contribution in [0, 0.1) is 0 Å².